The third-order valence-corrected chi connectivity index (χ3v) is 6.38. The number of ether oxygens (including phenoxy) is 1. The summed E-state index contributed by atoms with van der Waals surface area (Å²) < 4.78 is 35.2. The summed E-state index contributed by atoms with van der Waals surface area (Å²) in [7, 11) is 0. The van der Waals surface area contributed by atoms with Gasteiger partial charge in [0.25, 0.3) is 0 Å². The molecule has 1 atom stereocenters. The number of rotatable bonds is 1. The maximum atomic E-state index is 14.8. The van der Waals surface area contributed by atoms with Gasteiger partial charge in [0, 0.05) is 33.5 Å². The Morgan fingerprint density at radius 3 is 2.52 bits per heavy atom. The zero-order valence-corrected chi connectivity index (χ0v) is 18.5. The van der Waals surface area contributed by atoms with Crippen LogP contribution in [0.2, 0.25) is 5.02 Å². The van der Waals surface area contributed by atoms with Gasteiger partial charge in [0.15, 0.2) is 17.7 Å². The van der Waals surface area contributed by atoms with E-state index in [9.17, 15) is 8.78 Å². The number of halogens is 3. The fourth-order valence-electron chi connectivity index (χ4n) is 4.78. The Balaban J connectivity index is 1.83. The summed E-state index contributed by atoms with van der Waals surface area (Å²) in [5, 5.41) is 4.21. The van der Waals surface area contributed by atoms with Crippen LogP contribution in [0.25, 0.3) is 16.7 Å². The quantitative estimate of drug-likeness (QED) is 0.421. The summed E-state index contributed by atoms with van der Waals surface area (Å²) in [5.41, 5.74) is 6.73. The van der Waals surface area contributed by atoms with Crippen molar-refractivity contribution in [2.24, 2.45) is 0 Å². The van der Waals surface area contributed by atoms with E-state index in [-0.39, 0.29) is 11.3 Å². The van der Waals surface area contributed by atoms with Gasteiger partial charge in [-0.05, 0) is 68.2 Å². The molecule has 5 rings (SSSR count). The first kappa shape index (κ1) is 20.1. The maximum Gasteiger partial charge on any atom is 0.168 e. The van der Waals surface area contributed by atoms with E-state index in [0.717, 1.165) is 45.1 Å². The lowest BCUT2D eigenvalue weighted by molar-refractivity contribution is 0.231. The molecule has 0 amide bonds. The molecule has 31 heavy (non-hydrogen) atoms. The zero-order chi connectivity index (χ0) is 22.1. The predicted molar refractivity (Wildman–Crippen MR) is 122 cm³/mol. The number of nitrogens with one attached hydrogen (secondary N) is 1. The van der Waals surface area contributed by atoms with Crippen molar-refractivity contribution in [2.45, 2.75) is 39.3 Å². The van der Waals surface area contributed by atoms with E-state index in [1.54, 1.807) is 0 Å². The second-order valence-electron chi connectivity index (χ2n) is 8.89. The lowest BCUT2D eigenvalue weighted by atomic mass is 9.80. The molecular formula is C26H22ClF2NO. The highest BCUT2D eigenvalue weighted by Crippen LogP contribution is 2.51. The number of hydrogen-bond acceptors (Lipinski definition) is 2. The second-order valence-corrected chi connectivity index (χ2v) is 9.30. The number of allylic oxidation sites excluding steroid dienone is 1. The van der Waals surface area contributed by atoms with Gasteiger partial charge in [0.1, 0.15) is 5.82 Å². The van der Waals surface area contributed by atoms with Gasteiger partial charge in [-0.3, -0.25) is 0 Å². The summed E-state index contributed by atoms with van der Waals surface area (Å²) in [6.45, 7) is 8.20. The number of anilines is 1. The van der Waals surface area contributed by atoms with Gasteiger partial charge >= 0.3 is 0 Å². The van der Waals surface area contributed by atoms with Crippen LogP contribution >= 0.6 is 11.6 Å². The molecule has 2 nitrogen and oxygen atoms in total. The first-order chi connectivity index (χ1) is 14.6. The highest BCUT2D eigenvalue weighted by Gasteiger charge is 2.36. The minimum Gasteiger partial charge on any atom is -0.477 e. The molecule has 0 saturated heterocycles. The molecule has 0 saturated carbocycles. The molecule has 0 fully saturated rings. The monoisotopic (exact) mass is 437 g/mol. The molecule has 5 heteroatoms. The minimum absolute atomic E-state index is 0.0668. The average molecular weight is 438 g/mol. The lowest BCUT2D eigenvalue weighted by Crippen LogP contribution is -2.32. The summed E-state index contributed by atoms with van der Waals surface area (Å²) in [6.07, 6.45) is 1.61. The van der Waals surface area contributed by atoms with E-state index in [1.807, 2.05) is 37.3 Å². The third-order valence-electron chi connectivity index (χ3n) is 5.96. The molecule has 3 aromatic carbocycles. The molecule has 3 aromatic rings. The summed E-state index contributed by atoms with van der Waals surface area (Å²) in [6, 6.07) is 11.8. The van der Waals surface area contributed by atoms with Crippen LogP contribution in [0.1, 0.15) is 49.1 Å². The van der Waals surface area contributed by atoms with Crippen molar-refractivity contribution >= 4 is 22.9 Å². The smallest absolute Gasteiger partial charge is 0.168 e. The summed E-state index contributed by atoms with van der Waals surface area (Å²) in [4.78, 5) is 0. The SMILES string of the molecule is CC1=CC(C)(C)Nc2ccc3c(c21)C(c1ccc(Cl)c(C)c1)Oc1c(F)cc(F)cc1-3. The van der Waals surface area contributed by atoms with Crippen molar-refractivity contribution in [3.05, 3.63) is 87.5 Å². The standard InChI is InChI=1S/C26H22ClF2NO/c1-13-9-15(5-7-19(13)27)24-23-17(18-10-16(28)11-20(29)25(18)31-24)6-8-21-22(23)14(2)12-26(3,4)30-21/h5-12,24,30H,1-4H3. The van der Waals surface area contributed by atoms with Gasteiger partial charge in [-0.25, -0.2) is 8.78 Å². The highest BCUT2D eigenvalue weighted by atomic mass is 35.5. The average Bonchev–Trinajstić information content (AvgIpc) is 2.68. The van der Waals surface area contributed by atoms with Crippen LogP contribution in [-0.4, -0.2) is 5.54 Å². The topological polar surface area (TPSA) is 21.3 Å². The van der Waals surface area contributed by atoms with Crippen LogP contribution in [0, 0.1) is 18.6 Å². The van der Waals surface area contributed by atoms with Gasteiger partial charge in [0.05, 0.1) is 5.54 Å². The van der Waals surface area contributed by atoms with Crippen LogP contribution in [0.15, 0.2) is 48.5 Å². The zero-order valence-electron chi connectivity index (χ0n) is 17.7. The fourth-order valence-corrected chi connectivity index (χ4v) is 4.89. The van der Waals surface area contributed by atoms with Crippen molar-refractivity contribution in [2.75, 3.05) is 5.32 Å². The second kappa shape index (κ2) is 6.83. The molecule has 1 unspecified atom stereocenters. The molecule has 0 aliphatic carbocycles. The fraction of sp³-hybridized carbons (Fsp3) is 0.231. The Kier molecular flexibility index (Phi) is 4.42. The van der Waals surface area contributed by atoms with Gasteiger partial charge in [-0.2, -0.15) is 0 Å². The Morgan fingerprint density at radius 2 is 1.77 bits per heavy atom. The van der Waals surface area contributed by atoms with E-state index in [1.165, 1.54) is 6.07 Å². The molecular weight excluding hydrogens is 416 g/mol. The van der Waals surface area contributed by atoms with Gasteiger partial charge < -0.3 is 10.1 Å². The van der Waals surface area contributed by atoms with E-state index < -0.39 is 17.7 Å². The maximum absolute atomic E-state index is 14.8. The van der Waals surface area contributed by atoms with Crippen LogP contribution in [0.5, 0.6) is 5.75 Å². The number of hydrogen-bond donors (Lipinski definition) is 1. The lowest BCUT2D eigenvalue weighted by Gasteiger charge is -2.37. The van der Waals surface area contributed by atoms with Crippen molar-refractivity contribution in [3.8, 4) is 16.9 Å². The van der Waals surface area contributed by atoms with Crippen LogP contribution in [-0.2, 0) is 0 Å². The van der Waals surface area contributed by atoms with Crippen molar-refractivity contribution in [1.29, 1.82) is 0 Å². The van der Waals surface area contributed by atoms with Crippen LogP contribution in [0.4, 0.5) is 14.5 Å². The predicted octanol–water partition coefficient (Wildman–Crippen LogP) is 7.68. The summed E-state index contributed by atoms with van der Waals surface area (Å²) in [5.74, 6) is -1.27. The van der Waals surface area contributed by atoms with E-state index in [0.29, 0.717) is 10.6 Å². The number of benzene rings is 3. The minimum atomic E-state index is -0.708. The first-order valence-electron chi connectivity index (χ1n) is 10.2. The highest BCUT2D eigenvalue weighted by molar-refractivity contribution is 6.31. The first-order valence-corrected chi connectivity index (χ1v) is 10.6. The normalized spacial score (nSPS) is 18.2. The Bertz CT molecular complexity index is 1280. The van der Waals surface area contributed by atoms with Gasteiger partial charge in [-0.15, -0.1) is 0 Å². The van der Waals surface area contributed by atoms with E-state index in [2.05, 4.69) is 32.2 Å². The van der Waals surface area contributed by atoms with Crippen molar-refractivity contribution < 1.29 is 13.5 Å². The van der Waals surface area contributed by atoms with Crippen molar-refractivity contribution in [1.82, 2.24) is 0 Å². The third kappa shape index (κ3) is 3.21. The molecule has 0 radical (unpaired) electrons. The van der Waals surface area contributed by atoms with Crippen LogP contribution in [0.3, 0.4) is 0 Å². The Labute approximate surface area is 185 Å². The molecule has 0 bridgehead atoms. The number of fused-ring (bicyclic) bond motifs is 5. The largest absolute Gasteiger partial charge is 0.477 e. The van der Waals surface area contributed by atoms with Gasteiger partial charge in [0.2, 0.25) is 0 Å². The van der Waals surface area contributed by atoms with Gasteiger partial charge in [-0.1, -0.05) is 35.9 Å². The molecule has 0 aromatic heterocycles. The molecule has 2 aliphatic rings. The molecule has 0 spiro atoms. The molecule has 1 N–H and O–H groups in total. The Morgan fingerprint density at radius 1 is 1.00 bits per heavy atom. The Hall–Kier alpha value is -2.85. The molecule has 2 aliphatic heterocycles. The summed E-state index contributed by atoms with van der Waals surface area (Å²) >= 11 is 6.25. The van der Waals surface area contributed by atoms with Crippen molar-refractivity contribution in [3.63, 3.8) is 0 Å². The van der Waals surface area contributed by atoms with Crippen LogP contribution < -0.4 is 10.1 Å². The molecule has 2 heterocycles. The number of aryl methyl sites for hydroxylation is 1. The molecule has 158 valence electrons. The van der Waals surface area contributed by atoms with E-state index >= 15 is 0 Å². The van der Waals surface area contributed by atoms with E-state index in [4.69, 9.17) is 16.3 Å².